The van der Waals surface area contributed by atoms with Crippen LogP contribution in [0.5, 0.6) is 0 Å². The van der Waals surface area contributed by atoms with Gasteiger partial charge in [0, 0.05) is 7.05 Å². The molecule has 3 N–H and O–H groups in total. The van der Waals surface area contributed by atoms with Gasteiger partial charge in [-0.25, -0.2) is 9.97 Å². The van der Waals surface area contributed by atoms with E-state index >= 15 is 0 Å². The molecule has 0 aliphatic carbocycles. The number of hydrogen-bond acceptors (Lipinski definition) is 4. The molecule has 4 nitrogen and oxygen atoms in total. The number of nitrogen functional groups attached to an aromatic ring is 1. The van der Waals surface area contributed by atoms with Crippen LogP contribution in [0.15, 0.2) is 12.5 Å². The Morgan fingerprint density at radius 3 is 2.89 bits per heavy atom. The topological polar surface area (TPSA) is 63.8 Å². The predicted octanol–water partition coefficient (Wildman–Crippen LogP) is 0.100. The van der Waals surface area contributed by atoms with E-state index in [1.807, 2.05) is 0 Å². The smallest absolute Gasteiger partial charge is 0.150 e. The molecule has 0 unspecified atom stereocenters. The molecule has 0 aromatic carbocycles. The van der Waals surface area contributed by atoms with Gasteiger partial charge < -0.3 is 11.1 Å². The fourth-order valence-electron chi connectivity index (χ4n) is 0.532. The molecule has 48 valence electrons. The molecule has 0 saturated heterocycles. The molecule has 0 aliphatic heterocycles. The maximum Gasteiger partial charge on any atom is 0.150 e. The summed E-state index contributed by atoms with van der Waals surface area (Å²) in [6.45, 7) is 0. The van der Waals surface area contributed by atoms with Crippen molar-refractivity contribution in [2.45, 2.75) is 0 Å². The van der Waals surface area contributed by atoms with Gasteiger partial charge in [0.1, 0.15) is 12.1 Å². The summed E-state index contributed by atoms with van der Waals surface area (Å²) in [5.41, 5.74) is 6.18. The van der Waals surface area contributed by atoms with E-state index < -0.39 is 0 Å². The zero-order chi connectivity index (χ0) is 6.69. The Hall–Kier alpha value is -1.32. The van der Waals surface area contributed by atoms with Crippen LogP contribution in [-0.4, -0.2) is 17.0 Å². The number of rotatable bonds is 1. The van der Waals surface area contributed by atoms with Gasteiger partial charge in [-0.2, -0.15) is 0 Å². The van der Waals surface area contributed by atoms with Gasteiger partial charge in [0.05, 0.1) is 11.9 Å². The molecule has 0 atom stereocenters. The van der Waals surface area contributed by atoms with Crippen molar-refractivity contribution in [1.29, 1.82) is 0 Å². The van der Waals surface area contributed by atoms with Crippen molar-refractivity contribution in [3.8, 4) is 0 Å². The van der Waals surface area contributed by atoms with Gasteiger partial charge in [-0.15, -0.1) is 0 Å². The van der Waals surface area contributed by atoms with Crippen molar-refractivity contribution in [1.82, 2.24) is 9.97 Å². The van der Waals surface area contributed by atoms with Gasteiger partial charge in [-0.05, 0) is 0 Å². The number of aromatic nitrogens is 2. The second-order valence-corrected chi connectivity index (χ2v) is 1.57. The van der Waals surface area contributed by atoms with Crippen LogP contribution in [-0.2, 0) is 0 Å². The fraction of sp³-hybridized carbons (Fsp3) is 0.200. The number of nitrogens with two attached hydrogens (primary N) is 1. The molecule has 1 aromatic heterocycles. The molecule has 1 heterocycles. The van der Waals surface area contributed by atoms with Crippen molar-refractivity contribution in [2.24, 2.45) is 0 Å². The summed E-state index contributed by atoms with van der Waals surface area (Å²) < 4.78 is 0. The number of hydrogen-bond donors (Lipinski definition) is 2. The summed E-state index contributed by atoms with van der Waals surface area (Å²) in [5.74, 6) is 0.479. The highest BCUT2D eigenvalue weighted by Gasteiger charge is 1.92. The molecule has 0 aliphatic rings. The van der Waals surface area contributed by atoms with E-state index in [1.165, 1.54) is 6.33 Å². The van der Waals surface area contributed by atoms with Crippen molar-refractivity contribution >= 4 is 11.5 Å². The Balaban J connectivity index is 3.01. The lowest BCUT2D eigenvalue weighted by Gasteiger charge is -1.99. The van der Waals surface area contributed by atoms with Gasteiger partial charge in [0.15, 0.2) is 0 Å². The van der Waals surface area contributed by atoms with Crippen LogP contribution in [0.1, 0.15) is 0 Å². The van der Waals surface area contributed by atoms with Gasteiger partial charge in [-0.3, -0.25) is 0 Å². The third-order valence-corrected chi connectivity index (χ3v) is 1.01. The minimum absolute atomic E-state index is 0.479. The second kappa shape index (κ2) is 2.30. The van der Waals surface area contributed by atoms with Crippen LogP contribution in [0.2, 0.25) is 0 Å². The highest BCUT2D eigenvalue weighted by molar-refractivity contribution is 5.58. The van der Waals surface area contributed by atoms with Crippen molar-refractivity contribution in [3.05, 3.63) is 12.5 Å². The lowest BCUT2D eigenvalue weighted by atomic mass is 10.5. The van der Waals surface area contributed by atoms with Gasteiger partial charge in [0.2, 0.25) is 0 Å². The van der Waals surface area contributed by atoms with Crippen LogP contribution in [0, 0.1) is 0 Å². The second-order valence-electron chi connectivity index (χ2n) is 1.57. The van der Waals surface area contributed by atoms with Crippen LogP contribution in [0.4, 0.5) is 11.5 Å². The van der Waals surface area contributed by atoms with E-state index in [0.29, 0.717) is 5.82 Å². The molecule has 0 amide bonds. The minimum atomic E-state index is 0.479. The highest BCUT2D eigenvalue weighted by atomic mass is 15.0. The van der Waals surface area contributed by atoms with Crippen LogP contribution in [0.25, 0.3) is 0 Å². The monoisotopic (exact) mass is 124 g/mol. The predicted molar refractivity (Wildman–Crippen MR) is 36.0 cm³/mol. The third kappa shape index (κ3) is 1.07. The first-order valence-corrected chi connectivity index (χ1v) is 2.58. The quantitative estimate of drug-likeness (QED) is 0.557. The first-order valence-electron chi connectivity index (χ1n) is 2.58. The maximum atomic E-state index is 5.42. The SMILES string of the molecule is CNc1cncnc1N. The van der Waals surface area contributed by atoms with Crippen LogP contribution in [0.3, 0.4) is 0 Å². The average Bonchev–Trinajstić information content (AvgIpc) is 1.89. The Bertz CT molecular complexity index is 198. The van der Waals surface area contributed by atoms with Crippen molar-refractivity contribution in [3.63, 3.8) is 0 Å². The van der Waals surface area contributed by atoms with Gasteiger partial charge in [0.25, 0.3) is 0 Å². The molecule has 0 saturated carbocycles. The van der Waals surface area contributed by atoms with Gasteiger partial charge in [-0.1, -0.05) is 0 Å². The number of nitrogens with one attached hydrogen (secondary N) is 1. The summed E-state index contributed by atoms with van der Waals surface area (Å²) >= 11 is 0. The van der Waals surface area contributed by atoms with Crippen LogP contribution < -0.4 is 11.1 Å². The Morgan fingerprint density at radius 1 is 1.67 bits per heavy atom. The van der Waals surface area contributed by atoms with E-state index in [2.05, 4.69) is 15.3 Å². The normalized spacial score (nSPS) is 9.00. The Morgan fingerprint density at radius 2 is 2.44 bits per heavy atom. The summed E-state index contributed by atoms with van der Waals surface area (Å²) in [6.07, 6.45) is 3.04. The maximum absolute atomic E-state index is 5.42. The van der Waals surface area contributed by atoms with E-state index in [9.17, 15) is 0 Å². The van der Waals surface area contributed by atoms with Gasteiger partial charge >= 0.3 is 0 Å². The largest absolute Gasteiger partial charge is 0.384 e. The molecule has 4 heteroatoms. The summed E-state index contributed by atoms with van der Waals surface area (Å²) in [7, 11) is 1.77. The molecular weight excluding hydrogens is 116 g/mol. The summed E-state index contributed by atoms with van der Waals surface area (Å²) in [5, 5.41) is 2.85. The zero-order valence-electron chi connectivity index (χ0n) is 5.13. The number of anilines is 2. The highest BCUT2D eigenvalue weighted by Crippen LogP contribution is 2.09. The van der Waals surface area contributed by atoms with Crippen molar-refractivity contribution in [2.75, 3.05) is 18.1 Å². The first kappa shape index (κ1) is 5.81. The lowest BCUT2D eigenvalue weighted by Crippen LogP contribution is -1.98. The first-order chi connectivity index (χ1) is 4.34. The summed E-state index contributed by atoms with van der Waals surface area (Å²) in [6, 6.07) is 0. The van der Waals surface area contributed by atoms with E-state index in [4.69, 9.17) is 5.73 Å². The summed E-state index contributed by atoms with van der Waals surface area (Å²) in [4.78, 5) is 7.52. The minimum Gasteiger partial charge on any atom is -0.384 e. The average molecular weight is 124 g/mol. The molecular formula is C5H8N4. The standard InChI is InChI=1S/C5H8N4/c1-7-4-2-8-3-9-5(4)6/h2-3,7H,1H3,(H2,6,8,9). The Kier molecular flexibility index (Phi) is 1.48. The third-order valence-electron chi connectivity index (χ3n) is 1.01. The Labute approximate surface area is 53.1 Å². The molecule has 0 spiro atoms. The molecule has 0 bridgehead atoms. The molecule has 9 heavy (non-hydrogen) atoms. The molecule has 1 aromatic rings. The lowest BCUT2D eigenvalue weighted by molar-refractivity contribution is 1.17. The molecule has 0 fully saturated rings. The van der Waals surface area contributed by atoms with E-state index in [0.717, 1.165) is 5.69 Å². The van der Waals surface area contributed by atoms with E-state index in [1.54, 1.807) is 13.2 Å². The molecule has 1 rings (SSSR count). The van der Waals surface area contributed by atoms with Crippen molar-refractivity contribution < 1.29 is 0 Å². The fourth-order valence-corrected chi connectivity index (χ4v) is 0.532. The van der Waals surface area contributed by atoms with Crippen LogP contribution >= 0.6 is 0 Å². The number of nitrogens with zero attached hydrogens (tertiary/aromatic N) is 2. The zero-order valence-corrected chi connectivity index (χ0v) is 5.13. The van der Waals surface area contributed by atoms with E-state index in [-0.39, 0.29) is 0 Å². The molecule has 0 radical (unpaired) electrons.